The lowest BCUT2D eigenvalue weighted by atomic mass is 10.1. The van der Waals surface area contributed by atoms with Gasteiger partial charge < -0.3 is 5.11 Å². The third kappa shape index (κ3) is 3.83. The van der Waals surface area contributed by atoms with E-state index < -0.39 is 5.97 Å². The van der Waals surface area contributed by atoms with Crippen molar-refractivity contribution in [1.82, 2.24) is 0 Å². The van der Waals surface area contributed by atoms with Gasteiger partial charge in [0.2, 0.25) is 0 Å². The summed E-state index contributed by atoms with van der Waals surface area (Å²) in [6, 6.07) is 4.49. The number of aromatic carboxylic acids is 1. The Bertz CT molecular complexity index is 430. The highest BCUT2D eigenvalue weighted by Gasteiger charge is 2.04. The fraction of sp³-hybridized carbons (Fsp3) is 0.182. The highest BCUT2D eigenvalue weighted by atomic mass is 35.5. The molecule has 0 aliphatic carbocycles. The maximum absolute atomic E-state index is 10.7. The Labute approximate surface area is 97.8 Å². The Balaban J connectivity index is 3.00. The zero-order valence-electron chi connectivity index (χ0n) is 7.76. The van der Waals surface area contributed by atoms with E-state index in [-0.39, 0.29) is 5.56 Å². The molecule has 0 spiro atoms. The molecule has 1 N–H and O–H groups in total. The number of hydrogen-bond donors (Lipinski definition) is 1. The van der Waals surface area contributed by atoms with Gasteiger partial charge in [-0.15, -0.1) is 11.6 Å². The molecule has 1 aromatic rings. The van der Waals surface area contributed by atoms with Gasteiger partial charge in [-0.25, -0.2) is 4.79 Å². The molecule has 15 heavy (non-hydrogen) atoms. The maximum atomic E-state index is 10.7. The van der Waals surface area contributed by atoms with E-state index in [9.17, 15) is 4.79 Å². The first-order valence-electron chi connectivity index (χ1n) is 4.22. The summed E-state index contributed by atoms with van der Waals surface area (Å²) in [4.78, 5) is 10.7. The average molecular weight is 243 g/mol. The smallest absolute Gasteiger partial charge is 0.335 e. The van der Waals surface area contributed by atoms with Gasteiger partial charge in [0.15, 0.2) is 0 Å². The molecule has 4 heteroatoms. The van der Waals surface area contributed by atoms with Gasteiger partial charge in [0.05, 0.1) is 5.56 Å². The normalized spacial score (nSPS) is 9.20. The SMILES string of the molecule is O=C(O)c1cc(Cl)cc(C#CCCCl)c1. The molecule has 1 rings (SSSR count). The van der Waals surface area contributed by atoms with Crippen molar-refractivity contribution in [2.45, 2.75) is 6.42 Å². The number of rotatable bonds is 2. The molecule has 0 atom stereocenters. The monoisotopic (exact) mass is 242 g/mol. The van der Waals surface area contributed by atoms with Crippen LogP contribution in [0.15, 0.2) is 18.2 Å². The molecule has 0 bridgehead atoms. The van der Waals surface area contributed by atoms with Gasteiger partial charge in [-0.1, -0.05) is 23.4 Å². The lowest BCUT2D eigenvalue weighted by Gasteiger charge is -1.97. The number of carboxylic acid groups (broad SMARTS) is 1. The highest BCUT2D eigenvalue weighted by molar-refractivity contribution is 6.31. The fourth-order valence-corrected chi connectivity index (χ4v) is 1.33. The first-order chi connectivity index (χ1) is 7.13. The highest BCUT2D eigenvalue weighted by Crippen LogP contribution is 2.14. The van der Waals surface area contributed by atoms with Crippen molar-refractivity contribution in [3.63, 3.8) is 0 Å². The minimum atomic E-state index is -1.02. The molecule has 0 heterocycles. The molecule has 0 saturated heterocycles. The third-order valence-corrected chi connectivity index (χ3v) is 2.00. The van der Waals surface area contributed by atoms with E-state index in [0.29, 0.717) is 22.9 Å². The van der Waals surface area contributed by atoms with Crippen LogP contribution >= 0.6 is 23.2 Å². The van der Waals surface area contributed by atoms with E-state index in [1.165, 1.54) is 12.1 Å². The van der Waals surface area contributed by atoms with Gasteiger partial charge >= 0.3 is 5.97 Å². The van der Waals surface area contributed by atoms with Crippen molar-refractivity contribution in [3.05, 3.63) is 34.3 Å². The predicted molar refractivity (Wildman–Crippen MR) is 60.6 cm³/mol. The maximum Gasteiger partial charge on any atom is 0.335 e. The van der Waals surface area contributed by atoms with E-state index in [1.54, 1.807) is 6.07 Å². The van der Waals surface area contributed by atoms with E-state index in [1.807, 2.05) is 0 Å². The summed E-state index contributed by atoms with van der Waals surface area (Å²) in [5, 5.41) is 9.14. The molecule has 0 aliphatic rings. The van der Waals surface area contributed by atoms with Crippen molar-refractivity contribution in [1.29, 1.82) is 0 Å². The summed E-state index contributed by atoms with van der Waals surface area (Å²) in [6.07, 6.45) is 0.566. The van der Waals surface area contributed by atoms with Crippen LogP contribution in [-0.2, 0) is 0 Å². The van der Waals surface area contributed by atoms with Crippen LogP contribution in [0, 0.1) is 11.8 Å². The van der Waals surface area contributed by atoms with Crippen molar-refractivity contribution in [2.24, 2.45) is 0 Å². The average Bonchev–Trinajstić information content (AvgIpc) is 2.17. The summed E-state index contributed by atoms with van der Waals surface area (Å²) in [6.45, 7) is 0. The van der Waals surface area contributed by atoms with Crippen molar-refractivity contribution >= 4 is 29.2 Å². The van der Waals surface area contributed by atoms with E-state index >= 15 is 0 Å². The lowest BCUT2D eigenvalue weighted by molar-refractivity contribution is 0.0697. The molecule has 1 aromatic carbocycles. The van der Waals surface area contributed by atoms with Crippen LogP contribution in [-0.4, -0.2) is 17.0 Å². The van der Waals surface area contributed by atoms with Gasteiger partial charge in [-0.3, -0.25) is 0 Å². The van der Waals surface area contributed by atoms with E-state index in [2.05, 4.69) is 11.8 Å². The molecular weight excluding hydrogens is 235 g/mol. The Morgan fingerprint density at radius 3 is 2.73 bits per heavy atom. The van der Waals surface area contributed by atoms with Crippen LogP contribution in [0.1, 0.15) is 22.3 Å². The first-order valence-corrected chi connectivity index (χ1v) is 5.13. The largest absolute Gasteiger partial charge is 0.478 e. The van der Waals surface area contributed by atoms with Crippen molar-refractivity contribution in [3.8, 4) is 11.8 Å². The van der Waals surface area contributed by atoms with Gasteiger partial charge in [0.25, 0.3) is 0 Å². The fourth-order valence-electron chi connectivity index (χ4n) is 0.997. The minimum absolute atomic E-state index is 0.137. The molecule has 0 fully saturated rings. The Hall–Kier alpha value is -1.17. The Kier molecular flexibility index (Phi) is 4.48. The van der Waals surface area contributed by atoms with Crippen LogP contribution in [0.25, 0.3) is 0 Å². The summed E-state index contributed by atoms with van der Waals surface area (Å²) in [5.74, 6) is 5.05. The quantitative estimate of drug-likeness (QED) is 0.640. The number of halogens is 2. The second-order valence-electron chi connectivity index (χ2n) is 2.77. The van der Waals surface area contributed by atoms with Gasteiger partial charge in [0.1, 0.15) is 0 Å². The Morgan fingerprint density at radius 2 is 2.13 bits per heavy atom. The summed E-state index contributed by atoms with van der Waals surface area (Å²) in [7, 11) is 0. The number of alkyl halides is 1. The molecule has 0 aromatic heterocycles. The molecule has 0 aliphatic heterocycles. The van der Waals surface area contributed by atoms with E-state index in [4.69, 9.17) is 28.3 Å². The molecule has 78 valence electrons. The van der Waals surface area contributed by atoms with Crippen LogP contribution in [0.5, 0.6) is 0 Å². The van der Waals surface area contributed by atoms with Gasteiger partial charge in [0, 0.05) is 22.9 Å². The molecule has 0 radical (unpaired) electrons. The van der Waals surface area contributed by atoms with Crippen LogP contribution in [0.4, 0.5) is 0 Å². The van der Waals surface area contributed by atoms with Crippen LogP contribution in [0.2, 0.25) is 5.02 Å². The number of carboxylic acids is 1. The van der Waals surface area contributed by atoms with Crippen LogP contribution < -0.4 is 0 Å². The molecule has 0 unspecified atom stereocenters. The zero-order chi connectivity index (χ0) is 11.3. The zero-order valence-corrected chi connectivity index (χ0v) is 9.27. The minimum Gasteiger partial charge on any atom is -0.478 e. The molecule has 0 saturated carbocycles. The molecular formula is C11H8Cl2O2. The second-order valence-corrected chi connectivity index (χ2v) is 3.59. The van der Waals surface area contributed by atoms with Crippen molar-refractivity contribution in [2.75, 3.05) is 5.88 Å². The molecule has 2 nitrogen and oxygen atoms in total. The first kappa shape index (κ1) is 11.9. The summed E-state index contributed by atoms with van der Waals surface area (Å²) in [5.41, 5.74) is 0.725. The Morgan fingerprint density at radius 1 is 1.40 bits per heavy atom. The van der Waals surface area contributed by atoms with Crippen molar-refractivity contribution < 1.29 is 9.90 Å². The lowest BCUT2D eigenvalue weighted by Crippen LogP contribution is -1.96. The summed E-state index contributed by atoms with van der Waals surface area (Å²) < 4.78 is 0. The third-order valence-electron chi connectivity index (χ3n) is 1.60. The van der Waals surface area contributed by atoms with Gasteiger partial charge in [-0.05, 0) is 18.2 Å². The summed E-state index contributed by atoms with van der Waals surface area (Å²) >= 11 is 11.2. The number of carbonyl (C=O) groups is 1. The predicted octanol–water partition coefficient (Wildman–Crippen LogP) is 3.02. The molecule has 0 amide bonds. The number of hydrogen-bond acceptors (Lipinski definition) is 1. The number of benzene rings is 1. The van der Waals surface area contributed by atoms with Gasteiger partial charge in [-0.2, -0.15) is 0 Å². The van der Waals surface area contributed by atoms with Crippen LogP contribution in [0.3, 0.4) is 0 Å². The second kappa shape index (κ2) is 5.65. The van der Waals surface area contributed by atoms with E-state index in [0.717, 1.165) is 0 Å². The topological polar surface area (TPSA) is 37.3 Å². The standard InChI is InChI=1S/C11H8Cl2O2/c12-4-2-1-3-8-5-9(11(14)15)7-10(13)6-8/h5-7H,2,4H2,(H,14,15).